The monoisotopic (exact) mass is 370 g/mol. The fourth-order valence-electron chi connectivity index (χ4n) is 1.86. The first-order chi connectivity index (χ1) is 10.7. The average Bonchev–Trinajstić information content (AvgIpc) is 2.47. The van der Waals surface area contributed by atoms with E-state index in [1.807, 2.05) is 0 Å². The number of halogens is 1. The average molecular weight is 371 g/mol. The number of hydrogen-bond donors (Lipinski definition) is 1. The van der Waals surface area contributed by atoms with Gasteiger partial charge in [-0.05, 0) is 25.1 Å². The smallest absolute Gasteiger partial charge is 0.350 e. The van der Waals surface area contributed by atoms with Gasteiger partial charge in [0.2, 0.25) is 0 Å². The maximum Gasteiger partial charge on any atom is 0.350 e. The van der Waals surface area contributed by atoms with Crippen LogP contribution in [0.15, 0.2) is 47.4 Å². The molecular weight excluding hydrogens is 360 g/mol. The fourth-order valence-corrected chi connectivity index (χ4v) is 2.86. The molecule has 0 spiro atoms. The zero-order chi connectivity index (χ0) is 17.2. The van der Waals surface area contributed by atoms with Gasteiger partial charge >= 0.3 is 5.97 Å². The lowest BCUT2D eigenvalue weighted by Crippen LogP contribution is -2.15. The van der Waals surface area contributed by atoms with Crippen LogP contribution in [0.5, 0.6) is 5.75 Å². The van der Waals surface area contributed by atoms with Crippen molar-refractivity contribution in [2.45, 2.75) is 11.8 Å². The van der Waals surface area contributed by atoms with Crippen molar-refractivity contribution in [2.24, 2.45) is 0 Å². The molecule has 120 valence electrons. The third kappa shape index (κ3) is 4.14. The third-order valence-electron chi connectivity index (χ3n) is 2.89. The van der Waals surface area contributed by atoms with Crippen molar-refractivity contribution < 1.29 is 22.5 Å². The van der Waals surface area contributed by atoms with Gasteiger partial charge in [0.25, 0.3) is 10.1 Å². The van der Waals surface area contributed by atoms with Gasteiger partial charge < -0.3 is 4.74 Å². The number of rotatable bonds is 4. The van der Waals surface area contributed by atoms with E-state index in [0.717, 1.165) is 6.07 Å². The Hall–Kier alpha value is -1.80. The number of hydrogen-bond acceptors (Lipinski definition) is 5. The SMILES string of the molecule is CC(=S)C(=O)Oc1ccc(-c2ccccc2Cl)c(S(=O)(=O)O)c1. The van der Waals surface area contributed by atoms with Gasteiger partial charge in [-0.2, -0.15) is 8.42 Å². The number of carbonyl (C=O) groups excluding carboxylic acids is 1. The first-order valence-corrected chi connectivity index (χ1v) is 8.52. The molecule has 5 nitrogen and oxygen atoms in total. The molecule has 0 atom stereocenters. The molecule has 1 N–H and O–H groups in total. The van der Waals surface area contributed by atoms with E-state index in [-0.39, 0.29) is 16.2 Å². The van der Waals surface area contributed by atoms with E-state index in [2.05, 4.69) is 12.2 Å². The summed E-state index contributed by atoms with van der Waals surface area (Å²) in [6.45, 7) is 1.39. The molecule has 0 fully saturated rings. The number of esters is 1. The lowest BCUT2D eigenvalue weighted by molar-refractivity contribution is -0.126. The molecule has 23 heavy (non-hydrogen) atoms. The standard InChI is InChI=1S/C15H11ClO5S2/c1-9(22)15(17)21-10-6-7-12(14(8-10)23(18,19)20)11-4-2-3-5-13(11)16/h2-8H,1H3,(H,18,19,20). The minimum absolute atomic E-state index is 0.00594. The van der Waals surface area contributed by atoms with Gasteiger partial charge in [-0.3, -0.25) is 4.55 Å². The highest BCUT2D eigenvalue weighted by molar-refractivity contribution is 7.86. The second-order valence-corrected chi connectivity index (χ2v) is 6.97. The summed E-state index contributed by atoms with van der Waals surface area (Å²) in [5.41, 5.74) is 0.614. The number of carbonyl (C=O) groups is 1. The van der Waals surface area contributed by atoms with Gasteiger partial charge in [0.05, 0.1) is 4.86 Å². The summed E-state index contributed by atoms with van der Waals surface area (Å²) in [7, 11) is -4.56. The van der Waals surface area contributed by atoms with E-state index in [0.29, 0.717) is 10.6 Å². The molecule has 0 saturated carbocycles. The maximum atomic E-state index is 11.7. The van der Waals surface area contributed by atoms with E-state index >= 15 is 0 Å². The quantitative estimate of drug-likeness (QED) is 0.383. The molecule has 0 heterocycles. The van der Waals surface area contributed by atoms with Crippen molar-refractivity contribution in [3.05, 3.63) is 47.5 Å². The Balaban J connectivity index is 2.60. The zero-order valence-electron chi connectivity index (χ0n) is 11.8. The van der Waals surface area contributed by atoms with E-state index in [4.69, 9.17) is 16.3 Å². The van der Waals surface area contributed by atoms with Gasteiger partial charge in [-0.1, -0.05) is 42.0 Å². The molecular formula is C15H11ClO5S2. The summed E-state index contributed by atoms with van der Waals surface area (Å²) in [4.78, 5) is 11.1. The van der Waals surface area contributed by atoms with Crippen molar-refractivity contribution in [1.82, 2.24) is 0 Å². The second kappa shape index (κ2) is 6.76. The van der Waals surface area contributed by atoms with Gasteiger partial charge in [0.1, 0.15) is 10.6 Å². The number of ether oxygens (including phenoxy) is 1. The van der Waals surface area contributed by atoms with Gasteiger partial charge in [0, 0.05) is 22.2 Å². The Morgan fingerprint density at radius 1 is 1.17 bits per heavy atom. The van der Waals surface area contributed by atoms with Crippen LogP contribution in [0.2, 0.25) is 5.02 Å². The van der Waals surface area contributed by atoms with Crippen LogP contribution < -0.4 is 4.74 Å². The maximum absolute atomic E-state index is 11.7. The van der Waals surface area contributed by atoms with E-state index in [9.17, 15) is 17.8 Å². The lowest BCUT2D eigenvalue weighted by Gasteiger charge is -2.11. The van der Waals surface area contributed by atoms with Crippen LogP contribution in [0.3, 0.4) is 0 Å². The van der Waals surface area contributed by atoms with Crippen molar-refractivity contribution in [3.63, 3.8) is 0 Å². The fraction of sp³-hybridized carbons (Fsp3) is 0.0667. The molecule has 0 aliphatic rings. The molecule has 2 aromatic rings. The minimum Gasteiger partial charge on any atom is -0.423 e. The van der Waals surface area contributed by atoms with E-state index in [1.165, 1.54) is 19.1 Å². The van der Waals surface area contributed by atoms with Crippen LogP contribution in [-0.4, -0.2) is 23.8 Å². The number of thiocarbonyl (C=S) groups is 1. The molecule has 0 saturated heterocycles. The Kier molecular flexibility index (Phi) is 5.16. The van der Waals surface area contributed by atoms with E-state index in [1.54, 1.807) is 24.3 Å². The predicted octanol–water partition coefficient (Wildman–Crippen LogP) is 3.55. The van der Waals surface area contributed by atoms with Crippen LogP contribution in [-0.2, 0) is 14.9 Å². The van der Waals surface area contributed by atoms with Crippen molar-refractivity contribution in [2.75, 3.05) is 0 Å². The highest BCUT2D eigenvalue weighted by Crippen LogP contribution is 2.34. The molecule has 0 bridgehead atoms. The highest BCUT2D eigenvalue weighted by atomic mass is 35.5. The van der Waals surface area contributed by atoms with Crippen LogP contribution >= 0.6 is 23.8 Å². The van der Waals surface area contributed by atoms with E-state index < -0.39 is 21.0 Å². The Morgan fingerprint density at radius 2 is 1.83 bits per heavy atom. The van der Waals surface area contributed by atoms with Crippen LogP contribution in [0.25, 0.3) is 11.1 Å². The largest absolute Gasteiger partial charge is 0.423 e. The summed E-state index contributed by atoms with van der Waals surface area (Å²) >= 11 is 10.8. The third-order valence-corrected chi connectivity index (χ3v) is 4.28. The van der Waals surface area contributed by atoms with Crippen LogP contribution in [0.1, 0.15) is 6.92 Å². The normalized spacial score (nSPS) is 11.1. The molecule has 0 aliphatic heterocycles. The molecule has 0 aromatic heterocycles. The molecule has 0 amide bonds. The second-order valence-electron chi connectivity index (χ2n) is 4.56. The molecule has 0 radical (unpaired) electrons. The summed E-state index contributed by atoms with van der Waals surface area (Å²) in [5.74, 6) is -0.825. The predicted molar refractivity (Wildman–Crippen MR) is 90.6 cm³/mol. The molecule has 8 heteroatoms. The molecule has 0 aliphatic carbocycles. The first kappa shape index (κ1) is 17.6. The topological polar surface area (TPSA) is 80.7 Å². The van der Waals surface area contributed by atoms with Crippen LogP contribution in [0, 0.1) is 0 Å². The summed E-state index contributed by atoms with van der Waals surface area (Å²) < 4.78 is 37.7. The summed E-state index contributed by atoms with van der Waals surface area (Å²) in [6.07, 6.45) is 0. The molecule has 2 rings (SSSR count). The van der Waals surface area contributed by atoms with Crippen molar-refractivity contribution in [1.29, 1.82) is 0 Å². The Morgan fingerprint density at radius 3 is 2.39 bits per heavy atom. The molecule has 2 aromatic carbocycles. The van der Waals surface area contributed by atoms with Crippen molar-refractivity contribution in [3.8, 4) is 16.9 Å². The lowest BCUT2D eigenvalue weighted by atomic mass is 10.1. The van der Waals surface area contributed by atoms with Crippen molar-refractivity contribution >= 4 is 44.8 Å². The summed E-state index contributed by atoms with van der Waals surface area (Å²) in [5, 5.41) is 0.317. The highest BCUT2D eigenvalue weighted by Gasteiger charge is 2.20. The Bertz CT molecular complexity index is 890. The zero-order valence-corrected chi connectivity index (χ0v) is 14.2. The van der Waals surface area contributed by atoms with Gasteiger partial charge in [-0.25, -0.2) is 4.79 Å². The van der Waals surface area contributed by atoms with Crippen LogP contribution in [0.4, 0.5) is 0 Å². The molecule has 0 unspecified atom stereocenters. The Labute approximate surface area is 143 Å². The van der Waals surface area contributed by atoms with Gasteiger partial charge in [0.15, 0.2) is 0 Å². The first-order valence-electron chi connectivity index (χ1n) is 6.29. The number of benzene rings is 2. The minimum atomic E-state index is -4.56. The van der Waals surface area contributed by atoms with Gasteiger partial charge in [-0.15, -0.1) is 0 Å². The summed E-state index contributed by atoms with van der Waals surface area (Å²) in [6, 6.07) is 10.4.